The fourth-order valence-electron chi connectivity index (χ4n) is 2.74. The minimum Gasteiger partial charge on any atom is -0.467 e. The molecule has 0 heterocycles. The van der Waals surface area contributed by atoms with E-state index in [2.05, 4.69) is 12.2 Å². The normalized spacial score (nSPS) is 14.0. The standard InChI is InChI=1S/C20H29NO5/c1-5-6-7-11-14-20(3,26-15(2)22)19(24)21-17(18(23)25-4)16-12-9-8-10-13-16/h8-10,12-13,17H,5-7,11,14H2,1-4H3,(H,21,24)/t17-,20-/m0/s1. The molecule has 1 aromatic rings. The zero-order valence-corrected chi connectivity index (χ0v) is 16.0. The van der Waals surface area contributed by atoms with Crippen LogP contribution in [0, 0.1) is 0 Å². The minimum absolute atomic E-state index is 0.390. The van der Waals surface area contributed by atoms with Gasteiger partial charge in [0.15, 0.2) is 11.6 Å². The van der Waals surface area contributed by atoms with Gasteiger partial charge in [0, 0.05) is 6.92 Å². The van der Waals surface area contributed by atoms with Gasteiger partial charge in [0.25, 0.3) is 5.91 Å². The number of carbonyl (C=O) groups excluding carboxylic acids is 3. The van der Waals surface area contributed by atoms with Crippen LogP contribution in [0.4, 0.5) is 0 Å². The van der Waals surface area contributed by atoms with Gasteiger partial charge in [-0.1, -0.05) is 56.5 Å². The highest BCUT2D eigenvalue weighted by Crippen LogP contribution is 2.23. The van der Waals surface area contributed by atoms with Crippen molar-refractivity contribution < 1.29 is 23.9 Å². The highest BCUT2D eigenvalue weighted by atomic mass is 16.6. The molecule has 1 N–H and O–H groups in total. The SMILES string of the molecule is CCCCCC[C@](C)(OC(C)=O)C(=O)N[C@H](C(=O)OC)c1ccccc1. The van der Waals surface area contributed by atoms with E-state index in [9.17, 15) is 14.4 Å². The molecule has 6 nitrogen and oxygen atoms in total. The summed E-state index contributed by atoms with van der Waals surface area (Å²) in [6.45, 7) is 4.94. The first-order valence-corrected chi connectivity index (χ1v) is 8.97. The number of methoxy groups -OCH3 is 1. The van der Waals surface area contributed by atoms with Crippen molar-refractivity contribution in [3.8, 4) is 0 Å². The van der Waals surface area contributed by atoms with E-state index in [1.165, 1.54) is 14.0 Å². The first kappa shape index (κ1) is 21.7. The summed E-state index contributed by atoms with van der Waals surface area (Å²) in [7, 11) is 1.26. The monoisotopic (exact) mass is 363 g/mol. The second-order valence-corrected chi connectivity index (χ2v) is 6.48. The molecular formula is C20H29NO5. The number of esters is 2. The number of hydrogen-bond acceptors (Lipinski definition) is 5. The molecule has 26 heavy (non-hydrogen) atoms. The predicted molar refractivity (Wildman–Crippen MR) is 98.3 cm³/mol. The number of rotatable bonds is 10. The van der Waals surface area contributed by atoms with Gasteiger partial charge < -0.3 is 14.8 Å². The number of benzene rings is 1. The molecule has 0 bridgehead atoms. The van der Waals surface area contributed by atoms with E-state index in [0.29, 0.717) is 12.0 Å². The molecule has 0 aliphatic rings. The van der Waals surface area contributed by atoms with Crippen LogP contribution in [0.5, 0.6) is 0 Å². The summed E-state index contributed by atoms with van der Waals surface area (Å²) in [5.74, 6) is -1.63. The number of carbonyl (C=O) groups is 3. The number of unbranched alkanes of at least 4 members (excludes halogenated alkanes) is 3. The second-order valence-electron chi connectivity index (χ2n) is 6.48. The van der Waals surface area contributed by atoms with Gasteiger partial charge in [-0.05, 0) is 25.3 Å². The summed E-state index contributed by atoms with van der Waals surface area (Å²) < 4.78 is 10.1. The van der Waals surface area contributed by atoms with E-state index in [-0.39, 0.29) is 0 Å². The molecule has 1 amide bonds. The van der Waals surface area contributed by atoms with Crippen LogP contribution in [-0.2, 0) is 23.9 Å². The van der Waals surface area contributed by atoms with Gasteiger partial charge in [-0.25, -0.2) is 4.79 Å². The third-order valence-electron chi connectivity index (χ3n) is 4.20. The van der Waals surface area contributed by atoms with E-state index in [4.69, 9.17) is 9.47 Å². The Morgan fingerprint density at radius 1 is 1.12 bits per heavy atom. The van der Waals surface area contributed by atoms with Crippen molar-refractivity contribution in [3.63, 3.8) is 0 Å². The molecule has 1 aromatic carbocycles. The van der Waals surface area contributed by atoms with Crippen molar-refractivity contribution >= 4 is 17.8 Å². The molecular weight excluding hydrogens is 334 g/mol. The third-order valence-corrected chi connectivity index (χ3v) is 4.20. The fourth-order valence-corrected chi connectivity index (χ4v) is 2.74. The molecule has 0 spiro atoms. The maximum absolute atomic E-state index is 12.9. The average Bonchev–Trinajstić information content (AvgIpc) is 2.62. The van der Waals surface area contributed by atoms with E-state index < -0.39 is 29.5 Å². The van der Waals surface area contributed by atoms with Gasteiger partial charge >= 0.3 is 11.9 Å². The largest absolute Gasteiger partial charge is 0.467 e. The van der Waals surface area contributed by atoms with Crippen molar-refractivity contribution in [2.24, 2.45) is 0 Å². The predicted octanol–water partition coefficient (Wildman–Crippen LogP) is 3.31. The summed E-state index contributed by atoms with van der Waals surface area (Å²) in [4.78, 5) is 36.5. The Bertz CT molecular complexity index is 601. The maximum Gasteiger partial charge on any atom is 0.333 e. The van der Waals surface area contributed by atoms with E-state index in [1.54, 1.807) is 31.2 Å². The highest BCUT2D eigenvalue weighted by Gasteiger charge is 2.38. The second kappa shape index (κ2) is 10.6. The minimum atomic E-state index is -1.33. The number of ether oxygens (including phenoxy) is 2. The molecule has 144 valence electrons. The molecule has 0 unspecified atom stereocenters. The van der Waals surface area contributed by atoms with Gasteiger partial charge in [-0.2, -0.15) is 0 Å². The van der Waals surface area contributed by atoms with Crippen LogP contribution in [-0.4, -0.2) is 30.6 Å². The van der Waals surface area contributed by atoms with E-state index in [0.717, 1.165) is 25.7 Å². The quantitative estimate of drug-likeness (QED) is 0.509. The smallest absolute Gasteiger partial charge is 0.333 e. The lowest BCUT2D eigenvalue weighted by Gasteiger charge is -2.30. The Labute approximate surface area is 155 Å². The summed E-state index contributed by atoms with van der Waals surface area (Å²) in [6.07, 6.45) is 4.20. The number of amides is 1. The first-order chi connectivity index (χ1) is 12.3. The van der Waals surface area contributed by atoms with Gasteiger partial charge in [0.1, 0.15) is 0 Å². The highest BCUT2D eigenvalue weighted by molar-refractivity contribution is 5.91. The zero-order valence-electron chi connectivity index (χ0n) is 16.0. The van der Waals surface area contributed by atoms with Crippen molar-refractivity contribution in [2.45, 2.75) is 64.5 Å². The Balaban J connectivity index is 2.96. The van der Waals surface area contributed by atoms with E-state index in [1.807, 2.05) is 6.07 Å². The number of nitrogens with one attached hydrogen (secondary N) is 1. The van der Waals surface area contributed by atoms with Gasteiger partial charge in [-0.15, -0.1) is 0 Å². The van der Waals surface area contributed by atoms with Crippen molar-refractivity contribution in [3.05, 3.63) is 35.9 Å². The first-order valence-electron chi connectivity index (χ1n) is 8.97. The van der Waals surface area contributed by atoms with Crippen LogP contribution < -0.4 is 5.32 Å². The van der Waals surface area contributed by atoms with E-state index >= 15 is 0 Å². The zero-order chi connectivity index (χ0) is 19.6. The Morgan fingerprint density at radius 3 is 2.31 bits per heavy atom. The summed E-state index contributed by atoms with van der Waals surface area (Å²) in [5, 5.41) is 2.68. The molecule has 0 saturated heterocycles. The molecule has 2 atom stereocenters. The fraction of sp³-hybridized carbons (Fsp3) is 0.550. The molecule has 1 rings (SSSR count). The van der Waals surface area contributed by atoms with Crippen LogP contribution in [0.3, 0.4) is 0 Å². The molecule has 0 aromatic heterocycles. The van der Waals surface area contributed by atoms with Gasteiger partial charge in [-0.3, -0.25) is 9.59 Å². The average molecular weight is 363 g/mol. The summed E-state index contributed by atoms with van der Waals surface area (Å²) >= 11 is 0. The third kappa shape index (κ3) is 6.50. The van der Waals surface area contributed by atoms with Crippen molar-refractivity contribution in [1.29, 1.82) is 0 Å². The van der Waals surface area contributed by atoms with Crippen LogP contribution in [0.2, 0.25) is 0 Å². The topological polar surface area (TPSA) is 81.7 Å². The molecule has 6 heteroatoms. The van der Waals surface area contributed by atoms with Crippen molar-refractivity contribution in [2.75, 3.05) is 7.11 Å². The lowest BCUT2D eigenvalue weighted by molar-refractivity contribution is -0.167. The Morgan fingerprint density at radius 2 is 1.77 bits per heavy atom. The van der Waals surface area contributed by atoms with Crippen LogP contribution >= 0.6 is 0 Å². The molecule has 0 fully saturated rings. The molecule has 0 aliphatic heterocycles. The summed E-state index contributed by atoms with van der Waals surface area (Å²) in [5.41, 5.74) is -0.732. The van der Waals surface area contributed by atoms with Crippen LogP contribution in [0.15, 0.2) is 30.3 Å². The molecule has 0 aliphatic carbocycles. The maximum atomic E-state index is 12.9. The Hall–Kier alpha value is -2.37. The Kier molecular flexibility index (Phi) is 8.82. The molecule has 0 saturated carbocycles. The number of hydrogen-bond donors (Lipinski definition) is 1. The van der Waals surface area contributed by atoms with Crippen LogP contribution in [0.25, 0.3) is 0 Å². The van der Waals surface area contributed by atoms with Crippen molar-refractivity contribution in [1.82, 2.24) is 5.32 Å². The summed E-state index contributed by atoms with van der Waals surface area (Å²) in [6, 6.07) is 7.86. The van der Waals surface area contributed by atoms with Gasteiger partial charge in [0.05, 0.1) is 7.11 Å². The van der Waals surface area contributed by atoms with Crippen LogP contribution in [0.1, 0.15) is 64.5 Å². The lowest BCUT2D eigenvalue weighted by atomic mass is 9.95. The lowest BCUT2D eigenvalue weighted by Crippen LogP contribution is -2.50. The van der Waals surface area contributed by atoms with Gasteiger partial charge in [0.2, 0.25) is 0 Å². The molecule has 0 radical (unpaired) electrons.